The van der Waals surface area contributed by atoms with Crippen molar-refractivity contribution in [3.63, 3.8) is 0 Å². The number of rotatable bonds is 6. The number of fused-ring (bicyclic) bond motifs is 6. The number of benzene rings is 6. The number of aryl methyl sites for hydroxylation is 1. The Morgan fingerprint density at radius 3 is 1.82 bits per heavy atom. The van der Waals surface area contributed by atoms with E-state index < -0.39 is 0 Å². The van der Waals surface area contributed by atoms with Crippen LogP contribution in [0.25, 0.3) is 60.7 Å². The highest BCUT2D eigenvalue weighted by atomic mass is 16.5. The average molecular weight is 791 g/mol. The Hall–Kier alpha value is -6.18. The smallest absolute Gasteiger partial charge is 0.127 e. The molecule has 0 spiro atoms. The molecule has 6 aromatic carbocycles. The molecule has 11 rings (SSSR count). The van der Waals surface area contributed by atoms with E-state index in [1.807, 2.05) is 0 Å². The first-order valence-corrected chi connectivity index (χ1v) is 22.4. The van der Waals surface area contributed by atoms with Crippen LogP contribution in [0.15, 0.2) is 174 Å². The molecule has 0 fully saturated rings. The second-order valence-electron chi connectivity index (χ2n) is 19.3. The Bertz CT molecular complexity index is 3120. The van der Waals surface area contributed by atoms with E-state index in [2.05, 4.69) is 182 Å². The van der Waals surface area contributed by atoms with Gasteiger partial charge in [0.2, 0.25) is 0 Å². The van der Waals surface area contributed by atoms with Crippen LogP contribution in [0, 0.1) is 6.92 Å². The van der Waals surface area contributed by atoms with Crippen molar-refractivity contribution in [2.45, 2.75) is 90.9 Å². The van der Waals surface area contributed by atoms with Gasteiger partial charge < -0.3 is 4.74 Å². The normalized spacial score (nSPS) is 18.5. The molecule has 300 valence electrons. The first-order chi connectivity index (χ1) is 29.4. The van der Waals surface area contributed by atoms with Crippen LogP contribution in [0.3, 0.4) is 0 Å². The van der Waals surface area contributed by atoms with Gasteiger partial charge in [-0.15, -0.1) is 0 Å². The van der Waals surface area contributed by atoms with Gasteiger partial charge in [-0.2, -0.15) is 0 Å². The van der Waals surface area contributed by atoms with Gasteiger partial charge in [-0.1, -0.05) is 137 Å². The van der Waals surface area contributed by atoms with E-state index in [9.17, 15) is 0 Å². The molecule has 0 amide bonds. The topological polar surface area (TPSA) is 9.23 Å². The third-order valence-corrected chi connectivity index (χ3v) is 14.9. The summed E-state index contributed by atoms with van der Waals surface area (Å²) in [6.07, 6.45) is 15.9. The largest absolute Gasteiger partial charge is 0.461 e. The molecule has 6 aromatic rings. The van der Waals surface area contributed by atoms with Crippen LogP contribution in [0.4, 0.5) is 0 Å². The molecule has 0 aliphatic heterocycles. The minimum Gasteiger partial charge on any atom is -0.461 e. The molecule has 1 nitrogen and oxygen atoms in total. The lowest BCUT2D eigenvalue weighted by Crippen LogP contribution is -2.19. The van der Waals surface area contributed by atoms with Gasteiger partial charge in [-0.3, -0.25) is 0 Å². The molecular formula is C60H54O. The van der Waals surface area contributed by atoms with Gasteiger partial charge in [-0.05, 0) is 187 Å². The summed E-state index contributed by atoms with van der Waals surface area (Å²) in [6.45, 7) is 18.5. The summed E-state index contributed by atoms with van der Waals surface area (Å²) in [6, 6.07) is 41.3. The van der Waals surface area contributed by atoms with Crippen LogP contribution in [0.1, 0.15) is 107 Å². The van der Waals surface area contributed by atoms with E-state index in [0.29, 0.717) is 0 Å². The molecule has 0 atom stereocenters. The van der Waals surface area contributed by atoms with Crippen LogP contribution in [-0.2, 0) is 15.6 Å². The molecule has 0 unspecified atom stereocenters. The first-order valence-electron chi connectivity index (χ1n) is 22.4. The molecule has 61 heavy (non-hydrogen) atoms. The molecule has 5 aliphatic rings. The standard InChI is InChI=1S/C60H54O/c1-36-12-8-11-15-58(36)61-38(3)40-20-24-49-50-25-21-45(33-55(50)59(4,5)54(49)32-40)46-22-26-51-52-27-23-47(35-57(52)60(6,7)56(51)34-46)53-31-44-19-18-43(30-48(44)28-37(53)2)42-17-16-39-13-9-10-14-41(39)29-42/h8-10,12-14,16-20,23-24,27-35H,3,11,15,21-22,25-26H2,1-2,4-7H3. The van der Waals surface area contributed by atoms with Crippen molar-refractivity contribution < 1.29 is 4.74 Å². The maximum Gasteiger partial charge on any atom is 0.127 e. The molecule has 0 saturated carbocycles. The lowest BCUT2D eigenvalue weighted by Gasteiger charge is -2.29. The van der Waals surface area contributed by atoms with Crippen molar-refractivity contribution in [1.29, 1.82) is 0 Å². The van der Waals surface area contributed by atoms with Crippen molar-refractivity contribution in [1.82, 2.24) is 0 Å². The first kappa shape index (κ1) is 37.8. The minimum atomic E-state index is -0.0886. The summed E-state index contributed by atoms with van der Waals surface area (Å²) < 4.78 is 6.38. The molecule has 0 heterocycles. The second kappa shape index (κ2) is 13.9. The summed E-state index contributed by atoms with van der Waals surface area (Å²) in [4.78, 5) is 0. The van der Waals surface area contributed by atoms with Gasteiger partial charge in [-0.25, -0.2) is 0 Å². The number of hydrogen-bond donors (Lipinski definition) is 0. The Labute approximate surface area is 361 Å². The molecule has 1 heteroatoms. The SMILES string of the molecule is C=C(OC1=C(C)C=CCC1)c1ccc2c(c1)C(C)(C)C1=C2CCC(C2=CC3=C(CC2)c2ccc(-c4cc5ccc(-c6ccc7ccccc7c6)cc5cc4C)cc2C3(C)C)=C1. The lowest BCUT2D eigenvalue weighted by atomic mass is 9.75. The number of hydrogen-bond acceptors (Lipinski definition) is 1. The second-order valence-corrected chi connectivity index (χ2v) is 19.3. The zero-order valence-corrected chi connectivity index (χ0v) is 36.6. The summed E-state index contributed by atoms with van der Waals surface area (Å²) in [5, 5.41) is 5.12. The van der Waals surface area contributed by atoms with Crippen LogP contribution < -0.4 is 0 Å². The van der Waals surface area contributed by atoms with Gasteiger partial charge in [0, 0.05) is 22.8 Å². The third kappa shape index (κ3) is 6.11. The van der Waals surface area contributed by atoms with Crippen molar-refractivity contribution in [2.24, 2.45) is 0 Å². The highest BCUT2D eigenvalue weighted by Gasteiger charge is 2.41. The maximum atomic E-state index is 6.38. The maximum absolute atomic E-state index is 6.38. The summed E-state index contributed by atoms with van der Waals surface area (Å²) in [5.74, 6) is 1.78. The van der Waals surface area contributed by atoms with Crippen LogP contribution in [-0.4, -0.2) is 0 Å². The highest BCUT2D eigenvalue weighted by molar-refractivity contribution is 5.95. The Morgan fingerprint density at radius 2 is 1.13 bits per heavy atom. The number of ether oxygens (including phenoxy) is 1. The Morgan fingerprint density at radius 1 is 0.541 bits per heavy atom. The summed E-state index contributed by atoms with van der Waals surface area (Å²) in [5.41, 5.74) is 23.4. The Kier molecular flexibility index (Phi) is 8.63. The van der Waals surface area contributed by atoms with Crippen molar-refractivity contribution in [3.05, 3.63) is 207 Å². The highest BCUT2D eigenvalue weighted by Crippen LogP contribution is 2.56. The molecule has 0 radical (unpaired) electrons. The molecule has 0 saturated heterocycles. The monoisotopic (exact) mass is 790 g/mol. The van der Waals surface area contributed by atoms with E-state index in [-0.39, 0.29) is 10.8 Å². The van der Waals surface area contributed by atoms with Gasteiger partial charge in [0.25, 0.3) is 0 Å². The van der Waals surface area contributed by atoms with Crippen LogP contribution >= 0.6 is 0 Å². The van der Waals surface area contributed by atoms with Crippen LogP contribution in [0.5, 0.6) is 0 Å². The van der Waals surface area contributed by atoms with E-state index in [4.69, 9.17) is 4.74 Å². The molecule has 5 aliphatic carbocycles. The number of allylic oxidation sites excluding steroid dienone is 12. The summed E-state index contributed by atoms with van der Waals surface area (Å²) in [7, 11) is 0. The van der Waals surface area contributed by atoms with Gasteiger partial charge in [0.1, 0.15) is 11.5 Å². The zero-order valence-electron chi connectivity index (χ0n) is 36.6. The van der Waals surface area contributed by atoms with E-state index in [0.717, 1.165) is 55.6 Å². The van der Waals surface area contributed by atoms with Gasteiger partial charge in [0.05, 0.1) is 0 Å². The third-order valence-electron chi connectivity index (χ3n) is 14.9. The van der Waals surface area contributed by atoms with Gasteiger partial charge >= 0.3 is 0 Å². The fourth-order valence-corrected chi connectivity index (χ4v) is 11.3. The lowest BCUT2D eigenvalue weighted by molar-refractivity contribution is 0.358. The average Bonchev–Trinajstić information content (AvgIpc) is 3.64. The predicted octanol–water partition coefficient (Wildman–Crippen LogP) is 16.5. The van der Waals surface area contributed by atoms with Crippen molar-refractivity contribution in [3.8, 4) is 22.3 Å². The fraction of sp³-hybridized carbons (Fsp3) is 0.233. The quantitative estimate of drug-likeness (QED) is 0.153. The van der Waals surface area contributed by atoms with E-state index in [1.165, 1.54) is 105 Å². The van der Waals surface area contributed by atoms with Crippen molar-refractivity contribution in [2.75, 3.05) is 0 Å². The van der Waals surface area contributed by atoms with E-state index in [1.54, 1.807) is 5.57 Å². The predicted molar refractivity (Wildman–Crippen MR) is 259 cm³/mol. The zero-order chi connectivity index (χ0) is 41.8. The molecule has 0 bridgehead atoms. The Balaban J connectivity index is 0.861. The molecule has 0 N–H and O–H groups in total. The molecular weight excluding hydrogens is 737 g/mol. The summed E-state index contributed by atoms with van der Waals surface area (Å²) >= 11 is 0. The molecule has 0 aromatic heterocycles. The minimum absolute atomic E-state index is 0.0717. The van der Waals surface area contributed by atoms with Crippen molar-refractivity contribution >= 4 is 38.5 Å². The van der Waals surface area contributed by atoms with Gasteiger partial charge in [0.15, 0.2) is 0 Å². The fourth-order valence-electron chi connectivity index (χ4n) is 11.3. The van der Waals surface area contributed by atoms with E-state index >= 15 is 0 Å². The van der Waals surface area contributed by atoms with Crippen LogP contribution in [0.2, 0.25) is 0 Å².